The van der Waals surface area contributed by atoms with E-state index in [1.807, 2.05) is 4.90 Å². The number of hydrogen-bond acceptors (Lipinski definition) is 6. The zero-order valence-corrected chi connectivity index (χ0v) is 9.58. The predicted molar refractivity (Wildman–Crippen MR) is 57.2 cm³/mol. The molecule has 0 saturated carbocycles. The van der Waals surface area contributed by atoms with E-state index in [1.54, 1.807) is 7.11 Å². The molecule has 6 nitrogen and oxygen atoms in total. The van der Waals surface area contributed by atoms with E-state index in [-0.39, 0.29) is 12.6 Å². The third kappa shape index (κ3) is 3.65. The quantitative estimate of drug-likeness (QED) is 0.445. The summed E-state index contributed by atoms with van der Waals surface area (Å²) in [4.78, 5) is 1.84. The summed E-state index contributed by atoms with van der Waals surface area (Å²) < 4.78 is 10.1. The van der Waals surface area contributed by atoms with Crippen molar-refractivity contribution in [2.75, 3.05) is 46.6 Å². The maximum atomic E-state index is 9.56. The summed E-state index contributed by atoms with van der Waals surface area (Å²) in [6.45, 7) is 2.38. The van der Waals surface area contributed by atoms with Crippen LogP contribution in [0.4, 0.5) is 0 Å². The first-order chi connectivity index (χ1) is 7.70. The monoisotopic (exact) mass is 235 g/mol. The molecular formula is C10H21NO5. The standard InChI is InChI=1S/C10H21NO5/c1-15-4-5-16-3-2-11-6-9(13)10(14)8(11)7-12/h8-10,12-14H,2-7H2,1H3. The summed E-state index contributed by atoms with van der Waals surface area (Å²) in [6, 6.07) is -0.388. The van der Waals surface area contributed by atoms with E-state index in [1.165, 1.54) is 0 Å². The van der Waals surface area contributed by atoms with Crippen LogP contribution in [0.2, 0.25) is 0 Å². The van der Waals surface area contributed by atoms with Crippen LogP contribution in [0.25, 0.3) is 0 Å². The Kier molecular flexibility index (Phi) is 6.18. The molecule has 0 aromatic rings. The van der Waals surface area contributed by atoms with Gasteiger partial charge in [-0.3, -0.25) is 4.90 Å². The van der Waals surface area contributed by atoms with Crippen molar-refractivity contribution in [3.05, 3.63) is 0 Å². The predicted octanol–water partition coefficient (Wildman–Crippen LogP) is -1.95. The van der Waals surface area contributed by atoms with Crippen molar-refractivity contribution in [2.24, 2.45) is 0 Å². The zero-order valence-electron chi connectivity index (χ0n) is 9.58. The van der Waals surface area contributed by atoms with Gasteiger partial charge in [-0.05, 0) is 0 Å². The maximum absolute atomic E-state index is 9.56. The highest BCUT2D eigenvalue weighted by Gasteiger charge is 2.38. The van der Waals surface area contributed by atoms with Gasteiger partial charge in [0.15, 0.2) is 0 Å². The van der Waals surface area contributed by atoms with Gasteiger partial charge in [0.2, 0.25) is 0 Å². The highest BCUT2D eigenvalue weighted by molar-refractivity contribution is 4.92. The number of aliphatic hydroxyl groups is 3. The van der Waals surface area contributed by atoms with Gasteiger partial charge in [0, 0.05) is 20.2 Å². The van der Waals surface area contributed by atoms with E-state index < -0.39 is 12.2 Å². The van der Waals surface area contributed by atoms with Crippen LogP contribution in [-0.2, 0) is 9.47 Å². The lowest BCUT2D eigenvalue weighted by molar-refractivity contribution is 0.0154. The highest BCUT2D eigenvalue weighted by Crippen LogP contribution is 2.17. The molecule has 1 fully saturated rings. The average molecular weight is 235 g/mol. The van der Waals surface area contributed by atoms with Crippen LogP contribution in [0.15, 0.2) is 0 Å². The minimum atomic E-state index is -0.871. The van der Waals surface area contributed by atoms with Crippen molar-refractivity contribution in [3.8, 4) is 0 Å². The van der Waals surface area contributed by atoms with Gasteiger partial charge in [-0.15, -0.1) is 0 Å². The Morgan fingerprint density at radius 1 is 1.25 bits per heavy atom. The second kappa shape index (κ2) is 7.16. The number of aliphatic hydroxyl groups excluding tert-OH is 3. The van der Waals surface area contributed by atoms with Crippen LogP contribution in [0, 0.1) is 0 Å². The molecule has 0 bridgehead atoms. The molecule has 0 amide bonds. The van der Waals surface area contributed by atoms with Crippen LogP contribution in [-0.4, -0.2) is 85.1 Å². The number of β-amino-alcohol motifs (C(OH)–C–C–N with tert-alkyl or cyclic N) is 1. The second-order valence-electron chi connectivity index (χ2n) is 3.91. The van der Waals surface area contributed by atoms with E-state index in [2.05, 4.69) is 0 Å². The molecule has 1 heterocycles. The fraction of sp³-hybridized carbons (Fsp3) is 1.00. The van der Waals surface area contributed by atoms with E-state index in [9.17, 15) is 10.2 Å². The number of hydrogen-bond donors (Lipinski definition) is 3. The van der Waals surface area contributed by atoms with Crippen molar-refractivity contribution in [2.45, 2.75) is 18.2 Å². The normalized spacial score (nSPS) is 31.1. The van der Waals surface area contributed by atoms with E-state index in [4.69, 9.17) is 14.6 Å². The smallest absolute Gasteiger partial charge is 0.0988 e. The van der Waals surface area contributed by atoms with E-state index >= 15 is 0 Å². The lowest BCUT2D eigenvalue weighted by Crippen LogP contribution is -2.40. The fourth-order valence-electron chi connectivity index (χ4n) is 1.86. The van der Waals surface area contributed by atoms with Gasteiger partial charge >= 0.3 is 0 Å². The molecule has 1 aliphatic heterocycles. The zero-order chi connectivity index (χ0) is 12.0. The minimum absolute atomic E-state index is 0.156. The Morgan fingerprint density at radius 3 is 2.62 bits per heavy atom. The van der Waals surface area contributed by atoms with Crippen LogP contribution >= 0.6 is 0 Å². The van der Waals surface area contributed by atoms with Gasteiger partial charge in [-0.2, -0.15) is 0 Å². The summed E-state index contributed by atoms with van der Waals surface area (Å²) in [7, 11) is 1.61. The van der Waals surface area contributed by atoms with Gasteiger partial charge in [-0.1, -0.05) is 0 Å². The number of ether oxygens (including phenoxy) is 2. The SMILES string of the molecule is COCCOCCN1CC(O)C(O)C1CO. The van der Waals surface area contributed by atoms with Crippen LogP contribution in [0.1, 0.15) is 0 Å². The fourth-order valence-corrected chi connectivity index (χ4v) is 1.86. The largest absolute Gasteiger partial charge is 0.395 e. The topological polar surface area (TPSA) is 82.4 Å². The minimum Gasteiger partial charge on any atom is -0.395 e. The molecule has 3 N–H and O–H groups in total. The summed E-state index contributed by atoms with van der Waals surface area (Å²) in [5.74, 6) is 0. The first-order valence-corrected chi connectivity index (χ1v) is 5.48. The molecule has 96 valence electrons. The molecule has 3 unspecified atom stereocenters. The lowest BCUT2D eigenvalue weighted by Gasteiger charge is -2.23. The first-order valence-electron chi connectivity index (χ1n) is 5.48. The maximum Gasteiger partial charge on any atom is 0.0988 e. The number of methoxy groups -OCH3 is 1. The van der Waals surface area contributed by atoms with Crippen molar-refractivity contribution < 1.29 is 24.8 Å². The summed E-state index contributed by atoms with van der Waals surface area (Å²) >= 11 is 0. The van der Waals surface area contributed by atoms with Crippen molar-refractivity contribution in [3.63, 3.8) is 0 Å². The summed E-state index contributed by atoms with van der Waals surface area (Å²) in [5.41, 5.74) is 0. The van der Waals surface area contributed by atoms with Crippen molar-refractivity contribution >= 4 is 0 Å². The van der Waals surface area contributed by atoms with Crippen molar-refractivity contribution in [1.82, 2.24) is 4.90 Å². The molecule has 3 atom stereocenters. The van der Waals surface area contributed by atoms with Crippen LogP contribution in [0.3, 0.4) is 0 Å². The third-order valence-electron chi connectivity index (χ3n) is 2.82. The van der Waals surface area contributed by atoms with Crippen LogP contribution in [0.5, 0.6) is 0 Å². The third-order valence-corrected chi connectivity index (χ3v) is 2.82. The Balaban J connectivity index is 2.20. The van der Waals surface area contributed by atoms with Gasteiger partial charge in [0.1, 0.15) is 0 Å². The molecule has 1 saturated heterocycles. The number of rotatable bonds is 7. The number of nitrogens with zero attached hydrogens (tertiary/aromatic N) is 1. The van der Waals surface area contributed by atoms with E-state index in [0.29, 0.717) is 32.9 Å². The molecular weight excluding hydrogens is 214 g/mol. The van der Waals surface area contributed by atoms with Gasteiger partial charge in [0.25, 0.3) is 0 Å². The molecule has 1 rings (SSSR count). The molecule has 0 radical (unpaired) electrons. The van der Waals surface area contributed by atoms with E-state index in [0.717, 1.165) is 0 Å². The Hall–Kier alpha value is -0.240. The Labute approximate surface area is 95.4 Å². The molecule has 0 spiro atoms. The average Bonchev–Trinajstić information content (AvgIpc) is 2.54. The van der Waals surface area contributed by atoms with Gasteiger partial charge in [-0.25, -0.2) is 0 Å². The van der Waals surface area contributed by atoms with Crippen LogP contribution < -0.4 is 0 Å². The molecule has 0 aromatic heterocycles. The Morgan fingerprint density at radius 2 is 2.00 bits per heavy atom. The molecule has 0 aromatic carbocycles. The molecule has 6 heteroatoms. The van der Waals surface area contributed by atoms with Gasteiger partial charge < -0.3 is 24.8 Å². The molecule has 0 aliphatic carbocycles. The Bertz CT molecular complexity index is 192. The van der Waals surface area contributed by atoms with Gasteiger partial charge in [0.05, 0.1) is 44.7 Å². The first kappa shape index (κ1) is 13.8. The lowest BCUT2D eigenvalue weighted by atomic mass is 10.1. The summed E-state index contributed by atoms with van der Waals surface area (Å²) in [6.07, 6.45) is -1.65. The molecule has 16 heavy (non-hydrogen) atoms. The van der Waals surface area contributed by atoms with Crippen molar-refractivity contribution in [1.29, 1.82) is 0 Å². The summed E-state index contributed by atoms with van der Waals surface area (Å²) in [5, 5.41) is 28.1. The highest BCUT2D eigenvalue weighted by atomic mass is 16.5. The second-order valence-corrected chi connectivity index (χ2v) is 3.91. The molecule has 1 aliphatic rings. The number of likely N-dealkylation sites (tertiary alicyclic amines) is 1.